The van der Waals surface area contributed by atoms with Crippen molar-refractivity contribution in [2.75, 3.05) is 14.1 Å². The summed E-state index contributed by atoms with van der Waals surface area (Å²) in [5.74, 6) is 0.260. The van der Waals surface area contributed by atoms with Gasteiger partial charge in [0, 0.05) is 19.8 Å². The summed E-state index contributed by atoms with van der Waals surface area (Å²) < 4.78 is 15.1. The van der Waals surface area contributed by atoms with Crippen molar-refractivity contribution >= 4 is 57.9 Å². The van der Waals surface area contributed by atoms with Gasteiger partial charge in [-0.3, -0.25) is 14.6 Å². The number of aliphatic imine (C=N–C) groups is 1. The van der Waals surface area contributed by atoms with Crippen LogP contribution in [0.25, 0.3) is 0 Å². The molecule has 31 heavy (non-hydrogen) atoms. The lowest BCUT2D eigenvalue weighted by atomic mass is 10.1. The predicted octanol–water partition coefficient (Wildman–Crippen LogP) is 4.24. The lowest BCUT2D eigenvalue weighted by Gasteiger charge is -2.30. The second-order valence-corrected chi connectivity index (χ2v) is 8.94. The number of benzene rings is 2. The van der Waals surface area contributed by atoms with Crippen molar-refractivity contribution in [2.45, 2.75) is 18.3 Å². The Morgan fingerprint density at radius 1 is 1.03 bits per heavy atom. The number of hydrogen-bond donors (Lipinski definition) is 0. The van der Waals surface area contributed by atoms with Gasteiger partial charge in [-0.25, -0.2) is 13.8 Å². The maximum absolute atomic E-state index is 13.2. The average molecular weight is 480 g/mol. The van der Waals surface area contributed by atoms with Gasteiger partial charge >= 0.3 is 11.2 Å². The van der Waals surface area contributed by atoms with Crippen molar-refractivity contribution in [3.63, 3.8) is 0 Å². The number of fused-ring (bicyclic) bond motifs is 1. The highest BCUT2D eigenvalue weighted by atomic mass is 35.5. The normalized spacial score (nSPS) is 18.6. The van der Waals surface area contributed by atoms with Gasteiger partial charge in [-0.05, 0) is 52.1 Å². The summed E-state index contributed by atoms with van der Waals surface area (Å²) in [6, 6.07) is 10.3. The van der Waals surface area contributed by atoms with Crippen LogP contribution in [-0.4, -0.2) is 57.5 Å². The Kier molecular flexibility index (Phi) is 6.05. The second-order valence-electron chi connectivity index (χ2n) is 7.19. The predicted molar refractivity (Wildman–Crippen MR) is 120 cm³/mol. The van der Waals surface area contributed by atoms with Crippen molar-refractivity contribution < 1.29 is 18.6 Å². The summed E-state index contributed by atoms with van der Waals surface area (Å²) in [6.45, 7) is 0.349. The Hall–Kier alpha value is -2.42. The number of thioether (sulfide) groups is 1. The van der Waals surface area contributed by atoms with Crippen LogP contribution in [0.5, 0.6) is 0 Å². The first-order chi connectivity index (χ1) is 14.8. The van der Waals surface area contributed by atoms with Crippen LogP contribution in [0.1, 0.15) is 11.1 Å². The van der Waals surface area contributed by atoms with Gasteiger partial charge < -0.3 is 0 Å². The van der Waals surface area contributed by atoms with Crippen molar-refractivity contribution in [1.29, 1.82) is 0 Å². The Morgan fingerprint density at radius 2 is 1.71 bits per heavy atom. The number of imide groups is 1. The third-order valence-corrected chi connectivity index (χ3v) is 6.91. The third-order valence-electron chi connectivity index (χ3n) is 5.11. The standard InChI is InChI=1S/C21H18Cl2FN4O2S/c1-26-18-17(19(29)27(2)21(26)30)28(10-13-5-8-15(22)16(23)9-13)20(25-18)31-11-12-3-6-14(24)7-4-12/h3-9,17H,10-11H2,1-2H3/q+1. The summed E-state index contributed by atoms with van der Waals surface area (Å²) in [5.41, 5.74) is 1.76. The molecule has 2 aliphatic rings. The maximum atomic E-state index is 13.2. The number of likely N-dealkylation sites (N-methyl/N-ethyl adjacent to an activating group) is 2. The topological polar surface area (TPSA) is 56.0 Å². The number of carbonyl (C=O) groups is 2. The van der Waals surface area contributed by atoms with Crippen molar-refractivity contribution in [2.24, 2.45) is 4.99 Å². The smallest absolute Gasteiger partial charge is 0.269 e. The van der Waals surface area contributed by atoms with Gasteiger partial charge in [0.05, 0.1) is 10.0 Å². The molecule has 1 fully saturated rings. The van der Waals surface area contributed by atoms with Crippen molar-refractivity contribution in [1.82, 2.24) is 9.80 Å². The molecule has 1 unspecified atom stereocenters. The van der Waals surface area contributed by atoms with E-state index < -0.39 is 12.1 Å². The van der Waals surface area contributed by atoms with E-state index >= 15 is 0 Å². The highest BCUT2D eigenvalue weighted by Crippen LogP contribution is 2.28. The molecule has 0 N–H and O–H groups in total. The molecular weight excluding hydrogens is 462 g/mol. The molecule has 10 heteroatoms. The van der Waals surface area contributed by atoms with E-state index in [2.05, 4.69) is 4.99 Å². The van der Waals surface area contributed by atoms with E-state index in [4.69, 9.17) is 23.2 Å². The van der Waals surface area contributed by atoms with Gasteiger partial charge in [0.15, 0.2) is 0 Å². The number of amides is 3. The zero-order valence-corrected chi connectivity index (χ0v) is 19.0. The molecule has 3 amide bonds. The third kappa shape index (κ3) is 4.20. The van der Waals surface area contributed by atoms with E-state index in [1.807, 2.05) is 10.6 Å². The van der Waals surface area contributed by atoms with Crippen LogP contribution in [0.2, 0.25) is 10.0 Å². The lowest BCUT2D eigenvalue weighted by molar-refractivity contribution is -0.548. The molecule has 0 saturated carbocycles. The van der Waals surface area contributed by atoms with Crippen molar-refractivity contribution in [3.05, 3.63) is 69.5 Å². The molecule has 0 aromatic heterocycles. The summed E-state index contributed by atoms with van der Waals surface area (Å²) in [7, 11) is 3.06. The van der Waals surface area contributed by atoms with Gasteiger partial charge in [0.2, 0.25) is 0 Å². The van der Waals surface area contributed by atoms with Crippen LogP contribution in [0, 0.1) is 5.82 Å². The molecule has 0 spiro atoms. The Balaban J connectivity index is 1.69. The molecule has 1 atom stereocenters. The summed E-state index contributed by atoms with van der Waals surface area (Å²) in [5, 5.41) is 1.45. The minimum absolute atomic E-state index is 0.302. The van der Waals surface area contributed by atoms with Gasteiger partial charge in [0.1, 0.15) is 12.4 Å². The fourth-order valence-electron chi connectivity index (χ4n) is 3.41. The first-order valence-corrected chi connectivity index (χ1v) is 11.1. The first kappa shape index (κ1) is 21.8. The Bertz CT molecular complexity index is 1140. The number of urea groups is 1. The minimum Gasteiger partial charge on any atom is -0.269 e. The molecular formula is C21H18Cl2FN4O2S+. The molecule has 2 aromatic carbocycles. The molecule has 2 heterocycles. The number of halogens is 3. The van der Waals surface area contributed by atoms with E-state index in [0.29, 0.717) is 33.3 Å². The van der Waals surface area contributed by atoms with Crippen LogP contribution in [0.15, 0.2) is 47.5 Å². The zero-order chi connectivity index (χ0) is 22.3. The van der Waals surface area contributed by atoms with Gasteiger partial charge in [-0.2, -0.15) is 0 Å². The zero-order valence-electron chi connectivity index (χ0n) is 16.7. The largest absolute Gasteiger partial charge is 0.358 e. The van der Waals surface area contributed by atoms with Crippen LogP contribution in [-0.2, 0) is 17.1 Å². The molecule has 2 aliphatic heterocycles. The molecule has 0 bridgehead atoms. The average Bonchev–Trinajstić information content (AvgIpc) is 3.11. The van der Waals surface area contributed by atoms with Crippen LogP contribution >= 0.6 is 35.0 Å². The maximum Gasteiger partial charge on any atom is 0.358 e. The fourth-order valence-corrected chi connectivity index (χ4v) is 4.72. The Labute approximate surface area is 192 Å². The fraction of sp³-hybridized carbons (Fsp3) is 0.238. The van der Waals surface area contributed by atoms with E-state index in [9.17, 15) is 14.0 Å². The summed E-state index contributed by atoms with van der Waals surface area (Å²) in [4.78, 5) is 32.5. The monoisotopic (exact) mass is 479 g/mol. The number of rotatable bonds is 4. The highest BCUT2D eigenvalue weighted by Gasteiger charge is 2.53. The van der Waals surface area contributed by atoms with Crippen LogP contribution in [0.3, 0.4) is 0 Å². The molecule has 4 rings (SSSR count). The summed E-state index contributed by atoms with van der Waals surface area (Å²) in [6.07, 6.45) is 0. The molecule has 1 saturated heterocycles. The lowest BCUT2D eigenvalue weighted by Crippen LogP contribution is -2.61. The Morgan fingerprint density at radius 3 is 2.39 bits per heavy atom. The van der Waals surface area contributed by atoms with Crippen molar-refractivity contribution in [3.8, 4) is 0 Å². The minimum atomic E-state index is -0.724. The number of carbonyl (C=O) groups excluding carboxylic acids is 2. The van der Waals surface area contributed by atoms with E-state index in [0.717, 1.165) is 16.0 Å². The second kappa shape index (κ2) is 8.61. The van der Waals surface area contributed by atoms with E-state index in [1.165, 1.54) is 35.8 Å². The van der Waals surface area contributed by atoms with E-state index in [-0.39, 0.29) is 11.7 Å². The molecule has 2 aromatic rings. The van der Waals surface area contributed by atoms with Gasteiger partial charge in [-0.15, -0.1) is 0 Å². The van der Waals surface area contributed by atoms with Gasteiger partial charge in [-0.1, -0.05) is 41.4 Å². The number of hydrogen-bond acceptors (Lipinski definition) is 4. The number of amidine groups is 2. The number of nitrogens with zero attached hydrogens (tertiary/aromatic N) is 4. The molecule has 160 valence electrons. The van der Waals surface area contributed by atoms with Crippen LogP contribution < -0.4 is 0 Å². The first-order valence-electron chi connectivity index (χ1n) is 9.35. The van der Waals surface area contributed by atoms with Crippen LogP contribution in [0.4, 0.5) is 9.18 Å². The summed E-state index contributed by atoms with van der Waals surface area (Å²) >= 11 is 13.6. The highest BCUT2D eigenvalue weighted by molar-refractivity contribution is 8.13. The quantitative estimate of drug-likeness (QED) is 0.616. The molecule has 0 aliphatic carbocycles. The molecule has 6 nitrogen and oxygen atoms in total. The molecule has 0 radical (unpaired) electrons. The van der Waals surface area contributed by atoms with E-state index in [1.54, 1.807) is 31.3 Å². The SMILES string of the molecule is CN1C(=O)C2C(=NC(SCc3ccc(F)cc3)=[N+]2Cc2ccc(Cl)c(Cl)c2)N(C)C1=O. The van der Waals surface area contributed by atoms with Gasteiger partial charge in [0.25, 0.3) is 17.8 Å².